The molecule has 1 amide bonds. The Hall–Kier alpha value is -2.57. The molecule has 3 rings (SSSR count). The third kappa shape index (κ3) is 3.28. The van der Waals surface area contributed by atoms with Crippen molar-refractivity contribution in [1.29, 1.82) is 0 Å². The third-order valence-corrected chi connectivity index (χ3v) is 4.04. The van der Waals surface area contributed by atoms with Crippen LogP contribution in [0.1, 0.15) is 41.3 Å². The first-order valence-electron chi connectivity index (χ1n) is 7.75. The highest BCUT2D eigenvalue weighted by Gasteiger charge is 2.17. The van der Waals surface area contributed by atoms with Crippen molar-refractivity contribution in [1.82, 2.24) is 20.1 Å². The van der Waals surface area contributed by atoms with Gasteiger partial charge in [-0.3, -0.25) is 4.79 Å². The topological polar surface area (TPSA) is 89.3 Å². The average molecular weight is 316 g/mol. The molecule has 0 saturated carbocycles. The van der Waals surface area contributed by atoms with Crippen molar-refractivity contribution < 1.29 is 14.6 Å². The number of phenols is 1. The van der Waals surface area contributed by atoms with E-state index in [0.717, 1.165) is 37.5 Å². The van der Waals surface area contributed by atoms with Crippen molar-refractivity contribution in [3.8, 4) is 11.5 Å². The Morgan fingerprint density at radius 2 is 2.22 bits per heavy atom. The lowest BCUT2D eigenvalue weighted by molar-refractivity contribution is 0.0946. The van der Waals surface area contributed by atoms with E-state index in [2.05, 4.69) is 20.1 Å². The molecule has 0 radical (unpaired) electrons. The molecule has 1 aromatic carbocycles. The normalized spacial score (nSPS) is 14.0. The number of fused-ring (bicyclic) bond motifs is 1. The van der Waals surface area contributed by atoms with Crippen molar-refractivity contribution in [2.24, 2.45) is 0 Å². The predicted octanol–water partition coefficient (Wildman–Crippen LogP) is 1.65. The van der Waals surface area contributed by atoms with E-state index in [1.807, 2.05) is 0 Å². The number of phenolic OH excluding ortho intramolecular Hbond substituents is 1. The molecule has 0 atom stereocenters. The van der Waals surface area contributed by atoms with E-state index in [1.165, 1.54) is 25.7 Å². The number of ether oxygens (including phenoxy) is 1. The minimum absolute atomic E-state index is 0.109. The molecule has 23 heavy (non-hydrogen) atoms. The molecule has 0 bridgehead atoms. The molecule has 1 aliphatic rings. The van der Waals surface area contributed by atoms with Gasteiger partial charge in [0.15, 0.2) is 5.82 Å². The van der Waals surface area contributed by atoms with Gasteiger partial charge in [-0.25, -0.2) is 0 Å². The number of nitrogens with zero attached hydrogens (tertiary/aromatic N) is 3. The second-order valence-electron chi connectivity index (χ2n) is 5.56. The summed E-state index contributed by atoms with van der Waals surface area (Å²) >= 11 is 0. The molecular weight excluding hydrogens is 296 g/mol. The minimum atomic E-state index is -0.351. The van der Waals surface area contributed by atoms with Gasteiger partial charge in [0.2, 0.25) is 0 Å². The number of nitrogens with one attached hydrogen (secondary N) is 1. The number of aromatic nitrogens is 3. The standard InChI is InChI=1S/C16H20N4O3/c1-23-11-6-7-12(13(21)9-11)16(22)17-10-15-19-18-14-5-3-2-4-8-20(14)15/h6-7,9,21H,2-5,8,10H2,1H3,(H,17,22). The monoisotopic (exact) mass is 316 g/mol. The molecule has 0 unspecified atom stereocenters. The smallest absolute Gasteiger partial charge is 0.255 e. The van der Waals surface area contributed by atoms with Crippen LogP contribution in [0.25, 0.3) is 0 Å². The van der Waals surface area contributed by atoms with E-state index in [9.17, 15) is 9.90 Å². The molecule has 0 saturated heterocycles. The van der Waals surface area contributed by atoms with Crippen molar-refractivity contribution in [3.63, 3.8) is 0 Å². The maximum Gasteiger partial charge on any atom is 0.255 e. The van der Waals surface area contributed by atoms with E-state index in [0.29, 0.717) is 5.75 Å². The fraction of sp³-hybridized carbons (Fsp3) is 0.438. The Kier molecular flexibility index (Phi) is 4.45. The molecular formula is C16H20N4O3. The Bertz CT molecular complexity index is 711. The molecule has 0 aliphatic carbocycles. The SMILES string of the molecule is COc1ccc(C(=O)NCc2nnc3n2CCCCC3)c(O)c1. The lowest BCUT2D eigenvalue weighted by Crippen LogP contribution is -2.25. The summed E-state index contributed by atoms with van der Waals surface area (Å²) in [5.74, 6) is 1.78. The van der Waals surface area contributed by atoms with Crippen LogP contribution < -0.4 is 10.1 Å². The molecule has 1 aromatic heterocycles. The summed E-state index contributed by atoms with van der Waals surface area (Å²) in [4.78, 5) is 12.2. The molecule has 2 heterocycles. The van der Waals surface area contributed by atoms with Gasteiger partial charge in [0.1, 0.15) is 17.3 Å². The number of benzene rings is 1. The number of carbonyl (C=O) groups excluding carboxylic acids is 1. The summed E-state index contributed by atoms with van der Waals surface area (Å²) < 4.78 is 7.09. The van der Waals surface area contributed by atoms with Crippen molar-refractivity contribution in [2.45, 2.75) is 38.8 Å². The molecule has 2 aromatic rings. The molecule has 0 spiro atoms. The highest BCUT2D eigenvalue weighted by molar-refractivity contribution is 5.96. The van der Waals surface area contributed by atoms with Crippen molar-refractivity contribution in [2.75, 3.05) is 7.11 Å². The van der Waals surface area contributed by atoms with Crippen LogP contribution >= 0.6 is 0 Å². The first-order valence-corrected chi connectivity index (χ1v) is 7.75. The summed E-state index contributed by atoms with van der Waals surface area (Å²) in [6.45, 7) is 1.18. The maximum atomic E-state index is 12.2. The van der Waals surface area contributed by atoms with Gasteiger partial charge in [-0.05, 0) is 25.0 Å². The van der Waals surface area contributed by atoms with Crippen LogP contribution in [-0.4, -0.2) is 32.9 Å². The number of aryl methyl sites for hydroxylation is 1. The summed E-state index contributed by atoms with van der Waals surface area (Å²) in [6.07, 6.45) is 4.35. The summed E-state index contributed by atoms with van der Waals surface area (Å²) in [5, 5.41) is 21.1. The molecule has 2 N–H and O–H groups in total. The first kappa shape index (κ1) is 15.3. The number of rotatable bonds is 4. The third-order valence-electron chi connectivity index (χ3n) is 4.04. The fourth-order valence-corrected chi connectivity index (χ4v) is 2.76. The average Bonchev–Trinajstić information content (AvgIpc) is 2.78. The van der Waals surface area contributed by atoms with E-state index in [1.54, 1.807) is 6.07 Å². The zero-order valence-electron chi connectivity index (χ0n) is 13.1. The largest absolute Gasteiger partial charge is 0.507 e. The number of methoxy groups -OCH3 is 1. The van der Waals surface area contributed by atoms with Gasteiger partial charge >= 0.3 is 0 Å². The number of amides is 1. The van der Waals surface area contributed by atoms with E-state index in [4.69, 9.17) is 4.74 Å². The van der Waals surface area contributed by atoms with Crippen LogP contribution in [0.2, 0.25) is 0 Å². The highest BCUT2D eigenvalue weighted by Crippen LogP contribution is 2.23. The van der Waals surface area contributed by atoms with Crippen LogP contribution in [0.4, 0.5) is 0 Å². The lowest BCUT2D eigenvalue weighted by Gasteiger charge is -2.09. The second kappa shape index (κ2) is 6.68. The van der Waals surface area contributed by atoms with Crippen LogP contribution in [0.3, 0.4) is 0 Å². The minimum Gasteiger partial charge on any atom is -0.507 e. The van der Waals surface area contributed by atoms with E-state index < -0.39 is 0 Å². The Labute approximate surface area is 134 Å². The lowest BCUT2D eigenvalue weighted by atomic mass is 10.2. The van der Waals surface area contributed by atoms with E-state index >= 15 is 0 Å². The van der Waals surface area contributed by atoms with Gasteiger partial charge in [-0.15, -0.1) is 10.2 Å². The zero-order valence-corrected chi connectivity index (χ0v) is 13.1. The van der Waals surface area contributed by atoms with Crippen LogP contribution in [0, 0.1) is 0 Å². The summed E-state index contributed by atoms with van der Waals surface area (Å²) in [7, 11) is 1.51. The number of aromatic hydroxyl groups is 1. The second-order valence-corrected chi connectivity index (χ2v) is 5.56. The molecule has 7 heteroatoms. The van der Waals surface area contributed by atoms with Gasteiger partial charge in [-0.1, -0.05) is 6.42 Å². The summed E-state index contributed by atoms with van der Waals surface area (Å²) in [6, 6.07) is 4.59. The molecule has 7 nitrogen and oxygen atoms in total. The quantitative estimate of drug-likeness (QED) is 0.895. The zero-order chi connectivity index (χ0) is 16.2. The maximum absolute atomic E-state index is 12.2. The predicted molar refractivity (Wildman–Crippen MR) is 83.4 cm³/mol. The van der Waals surface area contributed by atoms with Crippen molar-refractivity contribution >= 4 is 5.91 Å². The highest BCUT2D eigenvalue weighted by atomic mass is 16.5. The van der Waals surface area contributed by atoms with Gasteiger partial charge < -0.3 is 19.7 Å². The Balaban J connectivity index is 1.69. The summed E-state index contributed by atoms with van der Waals surface area (Å²) in [5.41, 5.74) is 0.210. The first-order chi connectivity index (χ1) is 11.2. The number of carbonyl (C=O) groups is 1. The number of hydrogen-bond donors (Lipinski definition) is 2. The van der Waals surface area contributed by atoms with Gasteiger partial charge in [0, 0.05) is 19.0 Å². The van der Waals surface area contributed by atoms with Crippen LogP contribution in [0.15, 0.2) is 18.2 Å². The van der Waals surface area contributed by atoms with Gasteiger partial charge in [0.25, 0.3) is 5.91 Å². The fourth-order valence-electron chi connectivity index (χ4n) is 2.76. The molecule has 0 fully saturated rings. The van der Waals surface area contributed by atoms with Crippen molar-refractivity contribution in [3.05, 3.63) is 35.4 Å². The molecule has 1 aliphatic heterocycles. The van der Waals surface area contributed by atoms with Gasteiger partial charge in [0.05, 0.1) is 19.2 Å². The molecule has 122 valence electrons. The Morgan fingerprint density at radius 1 is 1.35 bits per heavy atom. The van der Waals surface area contributed by atoms with Crippen LogP contribution in [-0.2, 0) is 19.5 Å². The Morgan fingerprint density at radius 3 is 3.00 bits per heavy atom. The number of hydrogen-bond acceptors (Lipinski definition) is 5. The van der Waals surface area contributed by atoms with Gasteiger partial charge in [-0.2, -0.15) is 0 Å². The van der Waals surface area contributed by atoms with E-state index in [-0.39, 0.29) is 23.8 Å². The van der Waals surface area contributed by atoms with Crippen LogP contribution in [0.5, 0.6) is 11.5 Å².